The molecule has 0 fully saturated rings. The van der Waals surface area contributed by atoms with Gasteiger partial charge in [0.15, 0.2) is 18.1 Å². The molecule has 30 heavy (non-hydrogen) atoms. The summed E-state index contributed by atoms with van der Waals surface area (Å²) in [4.78, 5) is 25.8. The molecule has 0 amide bonds. The molecule has 0 aliphatic rings. The summed E-state index contributed by atoms with van der Waals surface area (Å²) in [6.45, 7) is -0.415. The molecule has 2 aromatic heterocycles. The number of nitrogens with zero attached hydrogens (tertiary/aromatic N) is 3. The first kappa shape index (κ1) is 21.4. The smallest absolute Gasteiger partial charge is 0.341 e. The van der Waals surface area contributed by atoms with E-state index in [-0.39, 0.29) is 0 Å². The van der Waals surface area contributed by atoms with E-state index in [1.807, 2.05) is 30.3 Å². The van der Waals surface area contributed by atoms with Crippen LogP contribution in [0.1, 0.15) is 11.4 Å². The van der Waals surface area contributed by atoms with Crippen LogP contribution in [0.25, 0.3) is 11.2 Å². The van der Waals surface area contributed by atoms with Gasteiger partial charge >= 0.3 is 5.97 Å². The van der Waals surface area contributed by atoms with Crippen molar-refractivity contribution >= 4 is 46.2 Å². The molecular weight excluding hydrogens is 429 g/mol. The summed E-state index contributed by atoms with van der Waals surface area (Å²) < 4.78 is 4.86. The Morgan fingerprint density at radius 3 is 2.60 bits per heavy atom. The first-order valence-electron chi connectivity index (χ1n) is 8.71. The first-order valence-corrected chi connectivity index (χ1v) is 9.47. The molecule has 0 saturated heterocycles. The van der Waals surface area contributed by atoms with Crippen molar-refractivity contribution in [3.8, 4) is 5.75 Å². The maximum absolute atomic E-state index is 10.2. The minimum absolute atomic E-state index is 0.300. The Morgan fingerprint density at radius 1 is 1.13 bits per heavy atom. The zero-order valence-electron chi connectivity index (χ0n) is 15.5. The van der Waals surface area contributed by atoms with Crippen LogP contribution in [0.5, 0.6) is 5.75 Å². The number of fused-ring (bicyclic) bond motifs is 1. The van der Waals surface area contributed by atoms with Crippen LogP contribution in [0.15, 0.2) is 54.9 Å². The second-order valence-corrected chi connectivity index (χ2v) is 6.89. The largest absolute Gasteiger partial charge is 0.480 e. The molecule has 0 saturated carbocycles. The highest BCUT2D eigenvalue weighted by Gasteiger charge is 2.07. The molecule has 0 unspecified atom stereocenters. The lowest BCUT2D eigenvalue weighted by molar-refractivity contribution is -0.139. The Kier molecular flexibility index (Phi) is 7.05. The SMILES string of the molecule is Nc1nc(Cc2ccccc2)nc2nc[nH]c12.O=C(O)COc1ccc(Cl)cc1Cl. The Hall–Kier alpha value is -3.36. The van der Waals surface area contributed by atoms with E-state index in [0.29, 0.717) is 45.0 Å². The van der Waals surface area contributed by atoms with Gasteiger partial charge in [-0.15, -0.1) is 0 Å². The zero-order chi connectivity index (χ0) is 21.5. The number of halogens is 2. The van der Waals surface area contributed by atoms with Gasteiger partial charge in [-0.1, -0.05) is 53.5 Å². The zero-order valence-corrected chi connectivity index (χ0v) is 17.1. The molecule has 0 bridgehead atoms. The van der Waals surface area contributed by atoms with Gasteiger partial charge < -0.3 is 20.6 Å². The van der Waals surface area contributed by atoms with Crippen LogP contribution in [0.4, 0.5) is 5.82 Å². The molecule has 154 valence electrons. The lowest BCUT2D eigenvalue weighted by atomic mass is 10.1. The van der Waals surface area contributed by atoms with Crippen LogP contribution in [0, 0.1) is 0 Å². The quantitative estimate of drug-likeness (QED) is 0.423. The Balaban J connectivity index is 0.000000178. The summed E-state index contributed by atoms with van der Waals surface area (Å²) in [6.07, 6.45) is 2.23. The minimum Gasteiger partial charge on any atom is -0.480 e. The first-order chi connectivity index (χ1) is 14.4. The molecule has 4 rings (SSSR count). The highest BCUT2D eigenvalue weighted by Crippen LogP contribution is 2.27. The van der Waals surface area contributed by atoms with Crippen molar-refractivity contribution in [2.24, 2.45) is 0 Å². The minimum atomic E-state index is -1.05. The van der Waals surface area contributed by atoms with Gasteiger partial charge in [-0.2, -0.15) is 0 Å². The maximum atomic E-state index is 10.2. The number of aromatic nitrogens is 4. The van der Waals surface area contributed by atoms with E-state index in [4.69, 9.17) is 38.8 Å². The van der Waals surface area contributed by atoms with Crippen LogP contribution >= 0.6 is 23.2 Å². The lowest BCUT2D eigenvalue weighted by Gasteiger charge is -2.04. The number of carboxylic acids is 1. The predicted octanol–water partition coefficient (Wildman–Crippen LogP) is 3.98. The molecule has 0 spiro atoms. The summed E-state index contributed by atoms with van der Waals surface area (Å²) in [7, 11) is 0. The van der Waals surface area contributed by atoms with Gasteiger partial charge in [0.25, 0.3) is 0 Å². The third-order valence-electron chi connectivity index (χ3n) is 3.81. The molecule has 2 heterocycles. The number of ether oxygens (including phenoxy) is 1. The average molecular weight is 446 g/mol. The summed E-state index contributed by atoms with van der Waals surface area (Å²) in [6, 6.07) is 14.6. The summed E-state index contributed by atoms with van der Waals surface area (Å²) in [5, 5.41) is 9.11. The van der Waals surface area contributed by atoms with Crippen LogP contribution in [0.2, 0.25) is 10.0 Å². The van der Waals surface area contributed by atoms with Gasteiger partial charge in [-0.05, 0) is 23.8 Å². The standard InChI is InChI=1S/C12H11N5.C8H6Cl2O3/c13-11-10-12(15-7-14-10)17-9(16-11)6-8-4-2-1-3-5-8;9-5-1-2-7(6(10)3-5)13-4-8(11)12/h1-5,7H,6H2,(H3,13,14,15,16,17);1-3H,4H2,(H,11,12). The second-order valence-electron chi connectivity index (χ2n) is 6.05. The molecule has 2 aromatic carbocycles. The van der Waals surface area contributed by atoms with Crippen molar-refractivity contribution in [1.29, 1.82) is 0 Å². The molecule has 0 aliphatic carbocycles. The average Bonchev–Trinajstić information content (AvgIpc) is 3.18. The number of H-pyrrole nitrogens is 1. The van der Waals surface area contributed by atoms with Crippen LogP contribution < -0.4 is 10.5 Å². The van der Waals surface area contributed by atoms with E-state index in [1.165, 1.54) is 12.1 Å². The van der Waals surface area contributed by atoms with Gasteiger partial charge in [0, 0.05) is 11.4 Å². The van der Waals surface area contributed by atoms with E-state index in [0.717, 1.165) is 5.56 Å². The molecule has 10 heteroatoms. The van der Waals surface area contributed by atoms with Crippen molar-refractivity contribution in [2.75, 3.05) is 12.3 Å². The second kappa shape index (κ2) is 9.91. The number of nitrogen functional groups attached to an aromatic ring is 1. The van der Waals surface area contributed by atoms with E-state index in [9.17, 15) is 4.79 Å². The molecule has 8 nitrogen and oxygen atoms in total. The summed E-state index contributed by atoms with van der Waals surface area (Å²) in [5.41, 5.74) is 8.30. The monoisotopic (exact) mass is 445 g/mol. The molecule has 0 aliphatic heterocycles. The highest BCUT2D eigenvalue weighted by molar-refractivity contribution is 6.35. The number of hydrogen-bond donors (Lipinski definition) is 3. The van der Waals surface area contributed by atoms with Crippen LogP contribution in [-0.4, -0.2) is 37.6 Å². The Morgan fingerprint density at radius 2 is 1.90 bits per heavy atom. The third-order valence-corrected chi connectivity index (χ3v) is 4.34. The van der Waals surface area contributed by atoms with Crippen LogP contribution in [0.3, 0.4) is 0 Å². The van der Waals surface area contributed by atoms with Gasteiger partial charge in [-0.3, -0.25) is 0 Å². The van der Waals surface area contributed by atoms with Gasteiger partial charge in [0.05, 0.1) is 11.3 Å². The number of carboxylic acid groups (broad SMARTS) is 1. The van der Waals surface area contributed by atoms with Crippen molar-refractivity contribution in [1.82, 2.24) is 19.9 Å². The number of imidazole rings is 1. The number of carbonyl (C=O) groups is 1. The normalized spacial score (nSPS) is 10.3. The van der Waals surface area contributed by atoms with Crippen LogP contribution in [-0.2, 0) is 11.2 Å². The van der Waals surface area contributed by atoms with Gasteiger partial charge in [-0.25, -0.2) is 19.7 Å². The topological polar surface area (TPSA) is 127 Å². The fraction of sp³-hybridized carbons (Fsp3) is 0.100. The molecule has 4 N–H and O–H groups in total. The maximum Gasteiger partial charge on any atom is 0.341 e. The molecule has 4 aromatic rings. The summed E-state index contributed by atoms with van der Waals surface area (Å²) in [5.74, 6) is 0.395. The molecular formula is C20H17Cl2N5O3. The van der Waals surface area contributed by atoms with E-state index in [1.54, 1.807) is 12.4 Å². The van der Waals surface area contributed by atoms with Gasteiger partial charge in [0.2, 0.25) is 0 Å². The van der Waals surface area contributed by atoms with Crippen molar-refractivity contribution in [3.63, 3.8) is 0 Å². The number of aliphatic carboxylic acids is 1. The number of rotatable bonds is 5. The third kappa shape index (κ3) is 5.82. The van der Waals surface area contributed by atoms with E-state index < -0.39 is 12.6 Å². The highest BCUT2D eigenvalue weighted by atomic mass is 35.5. The molecule has 0 atom stereocenters. The molecule has 0 radical (unpaired) electrons. The fourth-order valence-corrected chi connectivity index (χ4v) is 2.95. The van der Waals surface area contributed by atoms with Crippen molar-refractivity contribution in [3.05, 3.63) is 76.3 Å². The van der Waals surface area contributed by atoms with E-state index >= 15 is 0 Å². The Labute approximate surface area is 181 Å². The summed E-state index contributed by atoms with van der Waals surface area (Å²) >= 11 is 11.3. The lowest BCUT2D eigenvalue weighted by Crippen LogP contribution is -2.09. The number of anilines is 1. The Bertz CT molecular complexity index is 1150. The number of hydrogen-bond acceptors (Lipinski definition) is 6. The van der Waals surface area contributed by atoms with Gasteiger partial charge in [0.1, 0.15) is 17.1 Å². The fourth-order valence-electron chi connectivity index (χ4n) is 2.49. The number of nitrogens with one attached hydrogen (secondary N) is 1. The van der Waals surface area contributed by atoms with Crippen molar-refractivity contribution in [2.45, 2.75) is 6.42 Å². The number of aromatic amines is 1. The van der Waals surface area contributed by atoms with Crippen molar-refractivity contribution < 1.29 is 14.6 Å². The number of benzene rings is 2. The predicted molar refractivity (Wildman–Crippen MR) is 115 cm³/mol. The number of nitrogens with two attached hydrogens (primary N) is 1. The van der Waals surface area contributed by atoms with E-state index in [2.05, 4.69) is 19.9 Å².